The first-order valence-electron chi connectivity index (χ1n) is 5.58. The largest absolute Gasteiger partial charge is 0.351 e. The molecule has 1 aromatic heterocycles. The predicted molar refractivity (Wildman–Crippen MR) is 60.8 cm³/mol. The van der Waals surface area contributed by atoms with Gasteiger partial charge in [0, 0.05) is 19.1 Å². The summed E-state index contributed by atoms with van der Waals surface area (Å²) in [5, 5.41) is 8.31. The van der Waals surface area contributed by atoms with Crippen LogP contribution in [0.25, 0.3) is 0 Å². The van der Waals surface area contributed by atoms with E-state index in [-0.39, 0.29) is 0 Å². The minimum absolute atomic E-state index is 0.441. The highest BCUT2D eigenvalue weighted by molar-refractivity contribution is 5.39. The summed E-state index contributed by atoms with van der Waals surface area (Å²) in [6, 6.07) is 4.48. The second kappa shape index (κ2) is 4.57. The van der Waals surface area contributed by atoms with Crippen molar-refractivity contribution in [3.63, 3.8) is 0 Å². The van der Waals surface area contributed by atoms with Crippen LogP contribution in [-0.4, -0.2) is 29.3 Å². The lowest BCUT2D eigenvalue weighted by Crippen LogP contribution is -2.44. The van der Waals surface area contributed by atoms with Crippen molar-refractivity contribution < 1.29 is 0 Å². The monoisotopic (exact) mass is 206 g/mol. The minimum atomic E-state index is 0.441. The fourth-order valence-electron chi connectivity index (χ4n) is 2.09. The Morgan fingerprint density at radius 3 is 2.93 bits per heavy atom. The fourth-order valence-corrected chi connectivity index (χ4v) is 2.09. The first kappa shape index (κ1) is 10.4. The number of nitrogens with two attached hydrogens (primary N) is 1. The van der Waals surface area contributed by atoms with Crippen molar-refractivity contribution in [2.75, 3.05) is 18.0 Å². The third-order valence-corrected chi connectivity index (χ3v) is 2.98. The Morgan fingerprint density at radius 1 is 1.40 bits per heavy atom. The summed E-state index contributed by atoms with van der Waals surface area (Å²) < 4.78 is 0. The Labute approximate surface area is 90.5 Å². The number of hydrogen-bond acceptors (Lipinski definition) is 4. The van der Waals surface area contributed by atoms with Crippen molar-refractivity contribution in [1.29, 1.82) is 0 Å². The maximum Gasteiger partial charge on any atom is 0.151 e. The summed E-state index contributed by atoms with van der Waals surface area (Å²) in [5.41, 5.74) is 6.73. The van der Waals surface area contributed by atoms with Crippen LogP contribution >= 0.6 is 0 Å². The zero-order valence-corrected chi connectivity index (χ0v) is 9.19. The molecule has 0 bridgehead atoms. The number of aryl methyl sites for hydroxylation is 1. The van der Waals surface area contributed by atoms with Crippen LogP contribution in [0, 0.1) is 6.92 Å². The van der Waals surface area contributed by atoms with E-state index < -0.39 is 0 Å². The Hall–Kier alpha value is -1.16. The maximum atomic E-state index is 5.77. The topological polar surface area (TPSA) is 55.0 Å². The van der Waals surface area contributed by atoms with Crippen molar-refractivity contribution in [3.8, 4) is 0 Å². The summed E-state index contributed by atoms with van der Waals surface area (Å²) in [5.74, 6) is 0.968. The molecule has 0 aliphatic carbocycles. The van der Waals surface area contributed by atoms with E-state index in [0.717, 1.165) is 18.1 Å². The SMILES string of the molecule is Cc1ccc(N2CCCC[C@@H]2CN)nn1. The van der Waals surface area contributed by atoms with Crippen molar-refractivity contribution >= 4 is 5.82 Å². The predicted octanol–water partition coefficient (Wildman–Crippen LogP) is 1.10. The molecule has 1 atom stereocenters. The van der Waals surface area contributed by atoms with Gasteiger partial charge in [-0.2, -0.15) is 5.10 Å². The number of piperidine rings is 1. The average molecular weight is 206 g/mol. The molecule has 2 heterocycles. The third-order valence-electron chi connectivity index (χ3n) is 2.98. The third kappa shape index (κ3) is 2.26. The average Bonchev–Trinajstić information content (AvgIpc) is 2.30. The van der Waals surface area contributed by atoms with Crippen LogP contribution in [0.4, 0.5) is 5.82 Å². The quantitative estimate of drug-likeness (QED) is 0.787. The molecule has 82 valence electrons. The van der Waals surface area contributed by atoms with Gasteiger partial charge in [-0.1, -0.05) is 0 Å². The van der Waals surface area contributed by atoms with Gasteiger partial charge in [-0.05, 0) is 38.3 Å². The molecule has 2 N–H and O–H groups in total. The Balaban J connectivity index is 2.16. The van der Waals surface area contributed by atoms with E-state index in [2.05, 4.69) is 15.1 Å². The second-order valence-electron chi connectivity index (χ2n) is 4.11. The molecule has 4 heteroatoms. The zero-order chi connectivity index (χ0) is 10.7. The molecule has 15 heavy (non-hydrogen) atoms. The highest BCUT2D eigenvalue weighted by Gasteiger charge is 2.22. The Bertz CT molecular complexity index is 309. The molecule has 1 fully saturated rings. The molecular weight excluding hydrogens is 188 g/mol. The molecule has 1 aliphatic heterocycles. The van der Waals surface area contributed by atoms with Crippen LogP contribution in [0.5, 0.6) is 0 Å². The van der Waals surface area contributed by atoms with Gasteiger partial charge in [-0.3, -0.25) is 0 Å². The summed E-state index contributed by atoms with van der Waals surface area (Å²) in [6.45, 7) is 3.71. The van der Waals surface area contributed by atoms with Crippen molar-refractivity contribution in [3.05, 3.63) is 17.8 Å². The molecule has 0 saturated carbocycles. The van der Waals surface area contributed by atoms with Gasteiger partial charge in [0.15, 0.2) is 5.82 Å². The lowest BCUT2D eigenvalue weighted by Gasteiger charge is -2.35. The van der Waals surface area contributed by atoms with Crippen molar-refractivity contribution in [2.24, 2.45) is 5.73 Å². The van der Waals surface area contributed by atoms with Crippen molar-refractivity contribution in [1.82, 2.24) is 10.2 Å². The molecule has 0 unspecified atom stereocenters. The van der Waals surface area contributed by atoms with E-state index in [1.807, 2.05) is 19.1 Å². The van der Waals surface area contributed by atoms with Crippen LogP contribution < -0.4 is 10.6 Å². The highest BCUT2D eigenvalue weighted by atomic mass is 15.3. The summed E-state index contributed by atoms with van der Waals surface area (Å²) in [6.07, 6.45) is 3.68. The molecule has 2 rings (SSSR count). The summed E-state index contributed by atoms with van der Waals surface area (Å²) in [4.78, 5) is 2.29. The number of hydrogen-bond donors (Lipinski definition) is 1. The molecule has 1 saturated heterocycles. The van der Waals surface area contributed by atoms with E-state index in [4.69, 9.17) is 5.73 Å². The Morgan fingerprint density at radius 2 is 2.27 bits per heavy atom. The van der Waals surface area contributed by atoms with E-state index in [1.54, 1.807) is 0 Å². The van der Waals surface area contributed by atoms with Gasteiger partial charge in [0.25, 0.3) is 0 Å². The van der Waals surface area contributed by atoms with Gasteiger partial charge in [0.05, 0.1) is 5.69 Å². The zero-order valence-electron chi connectivity index (χ0n) is 9.19. The van der Waals surface area contributed by atoms with Crippen LogP contribution in [0.15, 0.2) is 12.1 Å². The highest BCUT2D eigenvalue weighted by Crippen LogP contribution is 2.21. The van der Waals surface area contributed by atoms with E-state index >= 15 is 0 Å². The normalized spacial score (nSPS) is 21.7. The van der Waals surface area contributed by atoms with Crippen LogP contribution in [-0.2, 0) is 0 Å². The van der Waals surface area contributed by atoms with Gasteiger partial charge in [0.1, 0.15) is 0 Å². The summed E-state index contributed by atoms with van der Waals surface area (Å²) in [7, 11) is 0. The number of rotatable bonds is 2. The van der Waals surface area contributed by atoms with Gasteiger partial charge >= 0.3 is 0 Å². The van der Waals surface area contributed by atoms with Crippen LogP contribution in [0.1, 0.15) is 25.0 Å². The van der Waals surface area contributed by atoms with Crippen LogP contribution in [0.2, 0.25) is 0 Å². The minimum Gasteiger partial charge on any atom is -0.351 e. The van der Waals surface area contributed by atoms with Gasteiger partial charge < -0.3 is 10.6 Å². The molecule has 0 radical (unpaired) electrons. The van der Waals surface area contributed by atoms with Crippen LogP contribution in [0.3, 0.4) is 0 Å². The molecule has 0 aromatic carbocycles. The Kier molecular flexibility index (Phi) is 3.16. The molecule has 1 aliphatic rings. The number of aromatic nitrogens is 2. The first-order chi connectivity index (χ1) is 7.31. The molecule has 0 amide bonds. The molecule has 4 nitrogen and oxygen atoms in total. The standard InChI is InChI=1S/C11H18N4/c1-9-5-6-11(14-13-9)15-7-3-2-4-10(15)8-12/h5-6,10H,2-4,7-8,12H2,1H3/t10-/m1/s1. The lowest BCUT2D eigenvalue weighted by atomic mass is 10.0. The van der Waals surface area contributed by atoms with E-state index in [0.29, 0.717) is 12.6 Å². The number of anilines is 1. The van der Waals surface area contributed by atoms with Crippen molar-refractivity contribution in [2.45, 2.75) is 32.2 Å². The second-order valence-corrected chi connectivity index (χ2v) is 4.11. The van der Waals surface area contributed by atoms with Gasteiger partial charge in [0.2, 0.25) is 0 Å². The molecular formula is C11H18N4. The lowest BCUT2D eigenvalue weighted by molar-refractivity contribution is 0.460. The molecule has 0 spiro atoms. The van der Waals surface area contributed by atoms with Gasteiger partial charge in [-0.25, -0.2) is 0 Å². The number of nitrogens with zero attached hydrogens (tertiary/aromatic N) is 3. The summed E-state index contributed by atoms with van der Waals surface area (Å²) >= 11 is 0. The smallest absolute Gasteiger partial charge is 0.151 e. The first-order valence-corrected chi connectivity index (χ1v) is 5.58. The van der Waals surface area contributed by atoms with Gasteiger partial charge in [-0.15, -0.1) is 5.10 Å². The fraction of sp³-hybridized carbons (Fsp3) is 0.636. The van der Waals surface area contributed by atoms with E-state index in [9.17, 15) is 0 Å². The maximum absolute atomic E-state index is 5.77. The molecule has 1 aromatic rings. The van der Waals surface area contributed by atoms with E-state index in [1.165, 1.54) is 19.3 Å².